The van der Waals surface area contributed by atoms with Gasteiger partial charge in [-0.1, -0.05) is 0 Å². The summed E-state index contributed by atoms with van der Waals surface area (Å²) >= 11 is 0. The molecule has 7 nitrogen and oxygen atoms in total. The third-order valence-electron chi connectivity index (χ3n) is 0. The standard InChI is InChI=1S/2Cr.2Cs.4H2O.3O/h;;;;4*1H2;;;/q2*+4;2*+1;;;;;3*-2/p-4. The molecule has 0 unspecified atom stereocenters. The third-order valence-corrected chi connectivity index (χ3v) is 0. The van der Waals surface area contributed by atoms with Gasteiger partial charge >= 0.3 is 173 Å². The molecule has 0 saturated carbocycles. The largest absolute Gasteiger partial charge is 4.00 e. The molecule has 0 aliphatic heterocycles. The molecule has 4 N–H and O–H groups in total. The van der Waals surface area contributed by atoms with Crippen molar-refractivity contribution in [2.24, 2.45) is 0 Å². The van der Waals surface area contributed by atoms with Crippen LogP contribution in [0.1, 0.15) is 0 Å². The Kier molecular flexibility index (Phi) is 1610. The van der Waals surface area contributed by atoms with Crippen molar-refractivity contribution in [2.45, 2.75) is 0 Å². The monoisotopic (exact) mass is 486 g/mol. The van der Waals surface area contributed by atoms with Gasteiger partial charge in [0.25, 0.3) is 0 Å². The van der Waals surface area contributed by atoms with Crippen LogP contribution in [-0.2, 0) is 51.2 Å². The van der Waals surface area contributed by atoms with Crippen LogP contribution in [0.15, 0.2) is 0 Å². The Balaban J connectivity index is 0. The fraction of sp³-hybridized carbons (Fsp3) is 0. The summed E-state index contributed by atoms with van der Waals surface area (Å²) in [4.78, 5) is 0. The first-order chi connectivity index (χ1) is 0. The summed E-state index contributed by atoms with van der Waals surface area (Å²) in [7, 11) is 0. The maximum atomic E-state index is 0. The van der Waals surface area contributed by atoms with Crippen molar-refractivity contribution in [1.82, 2.24) is 0 Å². The van der Waals surface area contributed by atoms with Crippen LogP contribution in [0.25, 0.3) is 0 Å². The number of rotatable bonds is 0. The second-order valence-electron chi connectivity index (χ2n) is 0. The number of hydrogen-bond donors (Lipinski definition) is 0. The summed E-state index contributed by atoms with van der Waals surface area (Å²) in [6.07, 6.45) is 0. The zero-order valence-corrected chi connectivity index (χ0v) is 20.9. The Hall–Kier alpha value is 4.89. The van der Waals surface area contributed by atoms with Gasteiger partial charge in [-0.15, -0.1) is 0 Å². The molecule has 0 aromatic heterocycles. The zero-order valence-electron chi connectivity index (χ0n) is 5.83. The van der Waals surface area contributed by atoms with Crippen LogP contribution < -0.4 is 138 Å². The minimum atomic E-state index is 0. The van der Waals surface area contributed by atoms with Gasteiger partial charge in [0.05, 0.1) is 0 Å². The van der Waals surface area contributed by atoms with Crippen molar-refractivity contribution < 1.29 is 211 Å². The molecule has 0 atom stereocenters. The summed E-state index contributed by atoms with van der Waals surface area (Å²) in [5, 5.41) is 0. The molecule has 0 bridgehead atoms. The second kappa shape index (κ2) is 120. The van der Waals surface area contributed by atoms with Crippen molar-refractivity contribution in [3.63, 3.8) is 0 Å². The average Bonchev–Trinajstić information content (AvgIpc) is 0. The summed E-state index contributed by atoms with van der Waals surface area (Å²) < 4.78 is 0. The van der Waals surface area contributed by atoms with Gasteiger partial charge in [0, 0.05) is 0 Å². The molecule has 0 aliphatic rings. The normalized spacial score (nSPS) is 0. The summed E-state index contributed by atoms with van der Waals surface area (Å²) in [5.41, 5.74) is 0. The Bertz CT molecular complexity index is 14.4. The van der Waals surface area contributed by atoms with E-state index in [9.17, 15) is 0 Å². The molecule has 0 saturated heterocycles. The predicted molar refractivity (Wildman–Crippen MR) is 9.80 cm³/mol. The first-order valence-corrected chi connectivity index (χ1v) is 0. The Labute approximate surface area is 204 Å². The topological polar surface area (TPSA) is 206 Å². The second-order valence-corrected chi connectivity index (χ2v) is 0. The predicted octanol–water partition coefficient (Wildman–Crippen LogP) is -7.06. The summed E-state index contributed by atoms with van der Waals surface area (Å²) in [5.74, 6) is 0. The van der Waals surface area contributed by atoms with Crippen LogP contribution in [0.2, 0.25) is 0 Å². The van der Waals surface area contributed by atoms with Gasteiger partial charge in [-0.25, -0.2) is 0 Å². The Morgan fingerprint density at radius 2 is 0.364 bits per heavy atom. The van der Waals surface area contributed by atoms with E-state index in [1.54, 1.807) is 0 Å². The molecule has 11 heavy (non-hydrogen) atoms. The van der Waals surface area contributed by atoms with E-state index in [4.69, 9.17) is 0 Å². The van der Waals surface area contributed by atoms with E-state index in [2.05, 4.69) is 0 Å². The number of hydrogen-bond acceptors (Lipinski definition) is 4. The maximum absolute atomic E-state index is 0. The molecule has 0 aliphatic carbocycles. The van der Waals surface area contributed by atoms with Crippen LogP contribution in [0.3, 0.4) is 0 Å². The van der Waals surface area contributed by atoms with Gasteiger partial charge in [0.1, 0.15) is 0 Å². The van der Waals surface area contributed by atoms with Gasteiger partial charge in [0.2, 0.25) is 0 Å². The van der Waals surface area contributed by atoms with E-state index < -0.39 is 0 Å². The van der Waals surface area contributed by atoms with E-state index >= 15 is 0 Å². The van der Waals surface area contributed by atoms with Crippen molar-refractivity contribution in [3.05, 3.63) is 0 Å². The molecule has 0 heterocycles. The van der Waals surface area contributed by atoms with Gasteiger partial charge in [0.15, 0.2) is 0 Å². The van der Waals surface area contributed by atoms with Crippen LogP contribution in [0.5, 0.6) is 0 Å². The van der Waals surface area contributed by atoms with E-state index in [0.29, 0.717) is 0 Å². The smallest absolute Gasteiger partial charge is 2.00 e. The van der Waals surface area contributed by atoms with Crippen molar-refractivity contribution in [2.75, 3.05) is 0 Å². The van der Waals surface area contributed by atoms with E-state index in [0.717, 1.165) is 0 Å². The van der Waals surface area contributed by atoms with E-state index in [-0.39, 0.29) is 211 Å². The van der Waals surface area contributed by atoms with Crippen LogP contribution >= 0.6 is 0 Å². The minimum Gasteiger partial charge on any atom is -2.00 e. The molecule has 0 rings (SSSR count). The van der Waals surface area contributed by atoms with Gasteiger partial charge in [-0.3, -0.25) is 0 Å². The van der Waals surface area contributed by atoms with Gasteiger partial charge < -0.3 is 38.3 Å². The zero-order chi connectivity index (χ0) is 0. The third kappa shape index (κ3) is 103. The van der Waals surface area contributed by atoms with E-state index in [1.165, 1.54) is 0 Å². The first kappa shape index (κ1) is 147. The molecule has 0 aromatic rings. The Morgan fingerprint density at radius 3 is 0.364 bits per heavy atom. The van der Waals surface area contributed by atoms with E-state index in [1.807, 2.05) is 0 Å². The molecule has 0 amide bonds. The van der Waals surface area contributed by atoms with Gasteiger partial charge in [-0.05, 0) is 0 Å². The molecule has 11 heteroatoms. The molecule has 0 radical (unpaired) electrons. The minimum absolute atomic E-state index is 0. The molecular weight excluding hydrogens is 482 g/mol. The molecular formula is H4Cr2Cs2O7. The fourth-order valence-electron chi connectivity index (χ4n) is 0. The average molecular weight is 486 g/mol. The van der Waals surface area contributed by atoms with Gasteiger partial charge in [-0.2, -0.15) is 0 Å². The maximum Gasteiger partial charge on any atom is 4.00 e. The quantitative estimate of drug-likeness (QED) is 0.327. The molecule has 0 fully saturated rings. The molecule has 0 spiro atoms. The summed E-state index contributed by atoms with van der Waals surface area (Å²) in [6, 6.07) is 0. The SMILES string of the molecule is [Cr+4].[Cr+4].[Cs+].[Cs+].[O-2].[O-2].[O-2].[OH-].[OH-].[OH-].[OH-]. The van der Waals surface area contributed by atoms with Crippen LogP contribution in [-0.4, -0.2) is 21.9 Å². The Morgan fingerprint density at radius 1 is 0.364 bits per heavy atom. The molecule has 60 valence electrons. The van der Waals surface area contributed by atoms with Crippen molar-refractivity contribution >= 4 is 0 Å². The summed E-state index contributed by atoms with van der Waals surface area (Å²) in [6.45, 7) is 0. The molecule has 0 aromatic carbocycles. The van der Waals surface area contributed by atoms with Crippen LogP contribution in [0, 0.1) is 0 Å². The van der Waals surface area contributed by atoms with Crippen LogP contribution in [0.4, 0.5) is 0 Å². The van der Waals surface area contributed by atoms with Crippen molar-refractivity contribution in [1.29, 1.82) is 0 Å². The fourth-order valence-corrected chi connectivity index (χ4v) is 0. The first-order valence-electron chi connectivity index (χ1n) is 0. The van der Waals surface area contributed by atoms with Crippen molar-refractivity contribution in [3.8, 4) is 0 Å².